The van der Waals surface area contributed by atoms with Crippen LogP contribution in [0.3, 0.4) is 0 Å². The number of hydroxylamine groups is 1. The Bertz CT molecular complexity index is 815. The lowest BCUT2D eigenvalue weighted by Gasteiger charge is -2.21. The lowest BCUT2D eigenvalue weighted by Crippen LogP contribution is -2.30. The van der Waals surface area contributed by atoms with Gasteiger partial charge in [-0.3, -0.25) is 9.63 Å². The second kappa shape index (κ2) is 8.39. The van der Waals surface area contributed by atoms with E-state index >= 15 is 0 Å². The average molecular weight is 380 g/mol. The molecule has 0 aliphatic rings. The fourth-order valence-electron chi connectivity index (χ4n) is 2.16. The molecular formula is C17H20N2O4S2. The molecule has 0 radical (unpaired) electrons. The first-order valence-corrected chi connectivity index (χ1v) is 9.77. The van der Waals surface area contributed by atoms with Gasteiger partial charge in [0.05, 0.1) is 18.6 Å². The number of benzene rings is 1. The van der Waals surface area contributed by atoms with E-state index in [1.165, 1.54) is 38.4 Å². The van der Waals surface area contributed by atoms with Crippen molar-refractivity contribution < 1.29 is 18.0 Å². The molecule has 0 aliphatic carbocycles. The highest BCUT2D eigenvalue weighted by Gasteiger charge is 2.22. The van der Waals surface area contributed by atoms with Gasteiger partial charge < -0.3 is 4.90 Å². The van der Waals surface area contributed by atoms with Gasteiger partial charge in [-0.25, -0.2) is 8.42 Å². The van der Waals surface area contributed by atoms with Crippen LogP contribution in [0.2, 0.25) is 0 Å². The normalized spacial score (nSPS) is 11.5. The summed E-state index contributed by atoms with van der Waals surface area (Å²) in [5.41, 5.74) is 0.414. The molecule has 0 N–H and O–H groups in total. The minimum atomic E-state index is -3.73. The van der Waals surface area contributed by atoms with E-state index in [0.717, 1.165) is 9.35 Å². The smallest absolute Gasteiger partial charge is 0.264 e. The van der Waals surface area contributed by atoms with Crippen LogP contribution in [-0.2, 0) is 21.4 Å². The molecule has 1 aromatic carbocycles. The Kier molecular flexibility index (Phi) is 6.49. The minimum Gasteiger partial charge on any atom is -0.330 e. The van der Waals surface area contributed by atoms with E-state index < -0.39 is 10.0 Å². The fourth-order valence-corrected chi connectivity index (χ4v) is 3.86. The first kappa shape index (κ1) is 19.3. The van der Waals surface area contributed by atoms with E-state index in [4.69, 9.17) is 4.84 Å². The zero-order chi connectivity index (χ0) is 18.4. The van der Waals surface area contributed by atoms with Crippen LogP contribution in [0.15, 0.2) is 59.3 Å². The van der Waals surface area contributed by atoms with Gasteiger partial charge in [0.15, 0.2) is 0 Å². The molecule has 0 aliphatic heterocycles. The number of rotatable bonds is 8. The highest BCUT2D eigenvalue weighted by Crippen LogP contribution is 2.18. The predicted molar refractivity (Wildman–Crippen MR) is 97.7 cm³/mol. The molecule has 0 bridgehead atoms. The Morgan fingerprint density at radius 2 is 1.96 bits per heavy atom. The number of nitrogens with zero attached hydrogens (tertiary/aromatic N) is 2. The number of carbonyl (C=O) groups is 1. The molecule has 6 nitrogen and oxygen atoms in total. The molecule has 134 valence electrons. The van der Waals surface area contributed by atoms with Crippen molar-refractivity contribution in [3.8, 4) is 0 Å². The maximum absolute atomic E-state index is 12.7. The average Bonchev–Trinajstić information content (AvgIpc) is 3.13. The fraction of sp³-hybridized carbons (Fsp3) is 0.235. The monoisotopic (exact) mass is 380 g/mol. The second-order valence-corrected chi connectivity index (χ2v) is 8.14. The number of amides is 1. The molecule has 1 heterocycles. The summed E-state index contributed by atoms with van der Waals surface area (Å²) in [7, 11) is -1.15. The summed E-state index contributed by atoms with van der Waals surface area (Å²) in [5.74, 6) is -0.183. The first-order chi connectivity index (χ1) is 11.9. The Hall–Kier alpha value is -2.00. The van der Waals surface area contributed by atoms with Gasteiger partial charge in [-0.15, -0.1) is 17.9 Å². The molecule has 2 rings (SSSR count). The summed E-state index contributed by atoms with van der Waals surface area (Å²) in [4.78, 5) is 20.2. The molecule has 1 amide bonds. The van der Waals surface area contributed by atoms with E-state index in [9.17, 15) is 13.2 Å². The zero-order valence-corrected chi connectivity index (χ0v) is 15.7. The molecule has 8 heteroatoms. The molecule has 0 saturated heterocycles. The first-order valence-electron chi connectivity index (χ1n) is 7.45. The van der Waals surface area contributed by atoms with Gasteiger partial charge in [-0.1, -0.05) is 16.6 Å². The van der Waals surface area contributed by atoms with E-state index in [1.807, 2.05) is 17.5 Å². The van der Waals surface area contributed by atoms with Crippen molar-refractivity contribution >= 4 is 27.3 Å². The lowest BCUT2D eigenvalue weighted by atomic mass is 10.2. The van der Waals surface area contributed by atoms with Gasteiger partial charge in [-0.2, -0.15) is 0 Å². The van der Waals surface area contributed by atoms with Gasteiger partial charge in [0.1, 0.15) is 0 Å². The number of thiophene rings is 1. The van der Waals surface area contributed by atoms with Crippen molar-refractivity contribution in [2.75, 3.05) is 20.7 Å². The number of hydrogen-bond acceptors (Lipinski definition) is 5. The minimum absolute atomic E-state index is 0.0573. The summed E-state index contributed by atoms with van der Waals surface area (Å²) in [5, 5.41) is 1.96. The summed E-state index contributed by atoms with van der Waals surface area (Å²) in [6, 6.07) is 9.70. The standard InChI is InChI=1S/C17H20N2O4S2/c1-4-11-19(13-15-6-5-12-24-15)17(20)14-7-9-16(10-8-14)25(21,22)18(2)23-3/h4-10,12H,1,11,13H2,2-3H3. The lowest BCUT2D eigenvalue weighted by molar-refractivity contribution is -0.0258. The highest BCUT2D eigenvalue weighted by atomic mass is 32.2. The maximum Gasteiger partial charge on any atom is 0.264 e. The zero-order valence-electron chi connectivity index (χ0n) is 14.1. The van der Waals surface area contributed by atoms with E-state index in [0.29, 0.717) is 18.7 Å². The van der Waals surface area contributed by atoms with Crippen molar-refractivity contribution in [3.05, 3.63) is 64.9 Å². The van der Waals surface area contributed by atoms with Gasteiger partial charge >= 0.3 is 0 Å². The Balaban J connectivity index is 2.21. The molecule has 0 atom stereocenters. The van der Waals surface area contributed by atoms with Crippen LogP contribution >= 0.6 is 11.3 Å². The Morgan fingerprint density at radius 3 is 2.48 bits per heavy atom. The van der Waals surface area contributed by atoms with Crippen LogP contribution in [0.4, 0.5) is 0 Å². The van der Waals surface area contributed by atoms with Gasteiger partial charge in [0, 0.05) is 24.0 Å². The summed E-state index contributed by atoms with van der Waals surface area (Å²) >= 11 is 1.57. The Morgan fingerprint density at radius 1 is 1.28 bits per heavy atom. The van der Waals surface area contributed by atoms with E-state index in [-0.39, 0.29) is 10.8 Å². The largest absolute Gasteiger partial charge is 0.330 e. The Labute approximate surface area is 152 Å². The molecule has 0 spiro atoms. The van der Waals surface area contributed by atoms with Crippen LogP contribution in [0.1, 0.15) is 15.2 Å². The van der Waals surface area contributed by atoms with Gasteiger partial charge in [0.25, 0.3) is 15.9 Å². The third kappa shape index (κ3) is 4.55. The van der Waals surface area contributed by atoms with E-state index in [2.05, 4.69) is 6.58 Å². The maximum atomic E-state index is 12.7. The molecule has 25 heavy (non-hydrogen) atoms. The summed E-state index contributed by atoms with van der Waals surface area (Å²) < 4.78 is 25.1. The van der Waals surface area contributed by atoms with Crippen molar-refractivity contribution in [2.45, 2.75) is 11.4 Å². The van der Waals surface area contributed by atoms with Crippen molar-refractivity contribution in [2.24, 2.45) is 0 Å². The third-order valence-electron chi connectivity index (χ3n) is 3.56. The van der Waals surface area contributed by atoms with Crippen molar-refractivity contribution in [1.29, 1.82) is 0 Å². The summed E-state index contributed by atoms with van der Waals surface area (Å²) in [6.07, 6.45) is 1.66. The molecule has 2 aromatic rings. The second-order valence-electron chi connectivity index (χ2n) is 5.18. The topological polar surface area (TPSA) is 66.9 Å². The predicted octanol–water partition coefficient (Wildman–Crippen LogP) is 2.76. The molecular weight excluding hydrogens is 360 g/mol. The number of carbonyl (C=O) groups excluding carboxylic acids is 1. The third-order valence-corrected chi connectivity index (χ3v) is 6.11. The quantitative estimate of drug-likeness (QED) is 0.522. The van der Waals surface area contributed by atoms with Gasteiger partial charge in [0.2, 0.25) is 0 Å². The van der Waals surface area contributed by atoms with E-state index in [1.54, 1.807) is 22.3 Å². The molecule has 0 fully saturated rings. The van der Waals surface area contributed by atoms with Crippen LogP contribution < -0.4 is 0 Å². The highest BCUT2D eigenvalue weighted by molar-refractivity contribution is 7.89. The van der Waals surface area contributed by atoms with Crippen molar-refractivity contribution in [1.82, 2.24) is 9.37 Å². The molecule has 1 aromatic heterocycles. The van der Waals surface area contributed by atoms with Crippen LogP contribution in [0.25, 0.3) is 0 Å². The van der Waals surface area contributed by atoms with Crippen LogP contribution in [0.5, 0.6) is 0 Å². The number of hydrogen-bond donors (Lipinski definition) is 0. The van der Waals surface area contributed by atoms with Crippen LogP contribution in [0, 0.1) is 0 Å². The molecule has 0 unspecified atom stereocenters. The van der Waals surface area contributed by atoms with Crippen molar-refractivity contribution in [3.63, 3.8) is 0 Å². The summed E-state index contributed by atoms with van der Waals surface area (Å²) in [6.45, 7) is 4.58. The molecule has 0 saturated carbocycles. The SMILES string of the molecule is C=CCN(Cc1cccs1)C(=O)c1ccc(S(=O)(=O)N(C)OC)cc1. The van der Waals surface area contributed by atoms with Gasteiger partial charge in [-0.05, 0) is 35.7 Å². The number of sulfonamides is 1. The van der Waals surface area contributed by atoms with Crippen LogP contribution in [-0.4, -0.2) is 44.4 Å².